The molecule has 0 aromatic heterocycles. The van der Waals surface area contributed by atoms with Crippen molar-refractivity contribution in [1.29, 1.82) is 0 Å². The number of fused-ring (bicyclic) bond motifs is 1. The highest BCUT2D eigenvalue weighted by molar-refractivity contribution is 6.30. The summed E-state index contributed by atoms with van der Waals surface area (Å²) in [6.45, 7) is 4.05. The molecule has 2 aromatic carbocycles. The van der Waals surface area contributed by atoms with Gasteiger partial charge >= 0.3 is 0 Å². The van der Waals surface area contributed by atoms with Crippen LogP contribution in [0.15, 0.2) is 42.5 Å². The average Bonchev–Trinajstić information content (AvgIpc) is 2.55. The molecular weight excluding hydrogens is 338 g/mol. The molecule has 0 unspecified atom stereocenters. The van der Waals surface area contributed by atoms with E-state index < -0.39 is 0 Å². The first kappa shape index (κ1) is 17.6. The summed E-state index contributed by atoms with van der Waals surface area (Å²) in [5, 5.41) is 3.80. The maximum atomic E-state index is 12.5. The molecule has 1 N–H and O–H groups in total. The predicted octanol–water partition coefficient (Wildman–Crippen LogP) is 4.31. The van der Waals surface area contributed by atoms with E-state index in [1.54, 1.807) is 19.2 Å². The molecule has 0 aliphatic carbocycles. The predicted molar refractivity (Wildman–Crippen MR) is 98.4 cm³/mol. The van der Waals surface area contributed by atoms with Crippen molar-refractivity contribution in [1.82, 2.24) is 5.32 Å². The number of nitrogens with one attached hydrogen (secondary N) is 1. The fourth-order valence-electron chi connectivity index (χ4n) is 3.12. The van der Waals surface area contributed by atoms with Crippen molar-refractivity contribution in [2.75, 3.05) is 7.11 Å². The van der Waals surface area contributed by atoms with E-state index in [2.05, 4.69) is 5.32 Å². The van der Waals surface area contributed by atoms with Crippen molar-refractivity contribution < 1.29 is 14.3 Å². The second-order valence-corrected chi connectivity index (χ2v) is 7.33. The van der Waals surface area contributed by atoms with Crippen molar-refractivity contribution in [3.05, 3.63) is 58.6 Å². The van der Waals surface area contributed by atoms with Gasteiger partial charge in [-0.05, 0) is 49.7 Å². The Kier molecular flexibility index (Phi) is 4.91. The summed E-state index contributed by atoms with van der Waals surface area (Å²) in [7, 11) is 1.63. The van der Waals surface area contributed by atoms with Gasteiger partial charge in [-0.3, -0.25) is 4.79 Å². The molecule has 0 spiro atoms. The van der Waals surface area contributed by atoms with Gasteiger partial charge in [-0.2, -0.15) is 0 Å². The first-order valence-corrected chi connectivity index (χ1v) is 8.65. The fourth-order valence-corrected chi connectivity index (χ4v) is 3.25. The third-order valence-corrected chi connectivity index (χ3v) is 4.54. The summed E-state index contributed by atoms with van der Waals surface area (Å²) in [6.07, 6.45) is 1.01. The first-order chi connectivity index (χ1) is 11.9. The van der Waals surface area contributed by atoms with Gasteiger partial charge in [-0.1, -0.05) is 23.7 Å². The van der Waals surface area contributed by atoms with Gasteiger partial charge in [0.2, 0.25) is 5.91 Å². The fraction of sp³-hybridized carbons (Fsp3) is 0.350. The first-order valence-electron chi connectivity index (χ1n) is 8.27. The van der Waals surface area contributed by atoms with Crippen molar-refractivity contribution in [3.8, 4) is 11.5 Å². The molecule has 0 saturated heterocycles. The number of hydrogen-bond donors (Lipinski definition) is 1. The minimum absolute atomic E-state index is 0.0289. The summed E-state index contributed by atoms with van der Waals surface area (Å²) in [5.41, 5.74) is 1.53. The number of methoxy groups -OCH3 is 1. The third-order valence-electron chi connectivity index (χ3n) is 4.29. The van der Waals surface area contributed by atoms with E-state index in [9.17, 15) is 4.79 Å². The van der Waals surface area contributed by atoms with E-state index in [-0.39, 0.29) is 17.6 Å². The van der Waals surface area contributed by atoms with Crippen LogP contribution in [-0.4, -0.2) is 18.6 Å². The third kappa shape index (κ3) is 4.26. The number of benzene rings is 2. The van der Waals surface area contributed by atoms with Gasteiger partial charge in [0.05, 0.1) is 19.6 Å². The molecule has 2 aromatic rings. The van der Waals surface area contributed by atoms with Gasteiger partial charge in [-0.15, -0.1) is 0 Å². The average molecular weight is 360 g/mol. The Morgan fingerprint density at radius 2 is 2.00 bits per heavy atom. The van der Waals surface area contributed by atoms with E-state index >= 15 is 0 Å². The molecule has 1 amide bonds. The SMILES string of the molecule is COc1ccc2c(c1)[C@H](NC(=O)Cc1ccc(Cl)cc1)CC(C)(C)O2. The molecule has 132 valence electrons. The maximum Gasteiger partial charge on any atom is 0.224 e. The Balaban J connectivity index is 1.79. The smallest absolute Gasteiger partial charge is 0.224 e. The lowest BCUT2D eigenvalue weighted by molar-refractivity contribution is -0.121. The Morgan fingerprint density at radius 1 is 1.28 bits per heavy atom. The Bertz CT molecular complexity index is 771. The lowest BCUT2D eigenvalue weighted by Crippen LogP contribution is -2.41. The van der Waals surface area contributed by atoms with Gasteiger partial charge in [-0.25, -0.2) is 0 Å². The van der Waals surface area contributed by atoms with Crippen LogP contribution in [0.1, 0.15) is 37.4 Å². The molecule has 0 fully saturated rings. The largest absolute Gasteiger partial charge is 0.497 e. The van der Waals surface area contributed by atoms with Gasteiger partial charge in [0.25, 0.3) is 0 Å². The van der Waals surface area contributed by atoms with Gasteiger partial charge in [0, 0.05) is 17.0 Å². The minimum atomic E-state index is -0.347. The number of rotatable bonds is 4. The van der Waals surface area contributed by atoms with Crippen LogP contribution in [-0.2, 0) is 11.2 Å². The molecule has 0 bridgehead atoms. The standard InChI is InChI=1S/C20H22ClNO3/c1-20(2)12-17(16-11-15(24-3)8-9-18(16)25-20)22-19(23)10-13-4-6-14(21)7-5-13/h4-9,11,17H,10,12H2,1-3H3,(H,22,23)/t17-/m1/s1. The maximum absolute atomic E-state index is 12.5. The van der Waals surface area contributed by atoms with Crippen molar-refractivity contribution in [3.63, 3.8) is 0 Å². The number of amides is 1. The van der Waals surface area contributed by atoms with E-state index in [1.165, 1.54) is 0 Å². The van der Waals surface area contributed by atoms with Crippen LogP contribution in [0.5, 0.6) is 11.5 Å². The van der Waals surface area contributed by atoms with Crippen molar-refractivity contribution >= 4 is 17.5 Å². The van der Waals surface area contributed by atoms with E-state index in [0.29, 0.717) is 17.9 Å². The number of carbonyl (C=O) groups excluding carboxylic acids is 1. The number of hydrogen-bond acceptors (Lipinski definition) is 3. The lowest BCUT2D eigenvalue weighted by atomic mass is 9.89. The topological polar surface area (TPSA) is 47.6 Å². The molecule has 1 heterocycles. The van der Waals surface area contributed by atoms with E-state index in [1.807, 2.05) is 44.2 Å². The van der Waals surface area contributed by atoms with Gasteiger partial charge in [0.1, 0.15) is 17.1 Å². The zero-order valence-corrected chi connectivity index (χ0v) is 15.4. The molecule has 1 aliphatic heterocycles. The molecule has 5 heteroatoms. The Labute approximate surface area is 153 Å². The van der Waals surface area contributed by atoms with Gasteiger partial charge < -0.3 is 14.8 Å². The zero-order chi connectivity index (χ0) is 18.0. The Morgan fingerprint density at radius 3 is 2.68 bits per heavy atom. The molecule has 1 atom stereocenters. The van der Waals surface area contributed by atoms with Gasteiger partial charge in [0.15, 0.2) is 0 Å². The number of ether oxygens (including phenoxy) is 2. The molecule has 0 radical (unpaired) electrons. The molecular formula is C20H22ClNO3. The number of halogens is 1. The molecule has 25 heavy (non-hydrogen) atoms. The Hall–Kier alpha value is -2.20. The summed E-state index contributed by atoms with van der Waals surface area (Å²) < 4.78 is 11.4. The summed E-state index contributed by atoms with van der Waals surface area (Å²) in [4.78, 5) is 12.5. The van der Waals surface area contributed by atoms with Crippen LogP contribution >= 0.6 is 11.6 Å². The molecule has 0 saturated carbocycles. The quantitative estimate of drug-likeness (QED) is 0.884. The monoisotopic (exact) mass is 359 g/mol. The molecule has 4 nitrogen and oxygen atoms in total. The molecule has 3 rings (SSSR count). The zero-order valence-electron chi connectivity index (χ0n) is 14.6. The van der Waals surface area contributed by atoms with E-state index in [4.69, 9.17) is 21.1 Å². The minimum Gasteiger partial charge on any atom is -0.497 e. The summed E-state index contributed by atoms with van der Waals surface area (Å²) in [6, 6.07) is 12.9. The normalized spacial score (nSPS) is 18.0. The van der Waals surface area contributed by atoms with Crippen molar-refractivity contribution in [2.45, 2.75) is 38.3 Å². The summed E-state index contributed by atoms with van der Waals surface area (Å²) >= 11 is 5.89. The van der Waals surface area contributed by atoms with Crippen LogP contribution in [0.2, 0.25) is 5.02 Å². The highest BCUT2D eigenvalue weighted by Gasteiger charge is 2.34. The van der Waals surface area contributed by atoms with Crippen LogP contribution in [0.3, 0.4) is 0 Å². The van der Waals surface area contributed by atoms with Crippen LogP contribution in [0.4, 0.5) is 0 Å². The lowest BCUT2D eigenvalue weighted by Gasteiger charge is -2.38. The van der Waals surface area contributed by atoms with Crippen LogP contribution < -0.4 is 14.8 Å². The second-order valence-electron chi connectivity index (χ2n) is 6.89. The van der Waals surface area contributed by atoms with E-state index in [0.717, 1.165) is 22.6 Å². The van der Waals surface area contributed by atoms with Crippen LogP contribution in [0.25, 0.3) is 0 Å². The van der Waals surface area contributed by atoms with Crippen LogP contribution in [0, 0.1) is 0 Å². The highest BCUT2D eigenvalue weighted by atomic mass is 35.5. The molecule has 1 aliphatic rings. The second kappa shape index (κ2) is 6.96. The number of carbonyl (C=O) groups is 1. The summed E-state index contributed by atoms with van der Waals surface area (Å²) in [5.74, 6) is 1.51. The van der Waals surface area contributed by atoms with Crippen molar-refractivity contribution in [2.24, 2.45) is 0 Å². The highest BCUT2D eigenvalue weighted by Crippen LogP contribution is 2.41.